The molecule has 1 aromatic carbocycles. The van der Waals surface area contributed by atoms with Crippen LogP contribution >= 0.6 is 0 Å². The maximum Gasteiger partial charge on any atom is 0.416 e. The van der Waals surface area contributed by atoms with Crippen LogP contribution in [0.1, 0.15) is 23.3 Å². The first-order valence-corrected chi connectivity index (χ1v) is 8.72. The van der Waals surface area contributed by atoms with Crippen molar-refractivity contribution in [2.24, 2.45) is 4.99 Å². The number of methoxy groups -OCH3 is 1. The van der Waals surface area contributed by atoms with Crippen molar-refractivity contribution in [1.82, 2.24) is 10.6 Å². The molecule has 9 heteroatoms. The Hall–Kier alpha value is -2.68. The van der Waals surface area contributed by atoms with E-state index in [0.29, 0.717) is 32.1 Å². The van der Waals surface area contributed by atoms with Gasteiger partial charge in [-0.1, -0.05) is 6.07 Å². The maximum absolute atomic E-state index is 13.2. The van der Waals surface area contributed by atoms with E-state index in [1.54, 1.807) is 19.4 Å². The van der Waals surface area contributed by atoms with E-state index in [1.807, 2.05) is 6.07 Å². The minimum atomic E-state index is -4.46. The molecular weight excluding hydrogens is 375 g/mol. The van der Waals surface area contributed by atoms with Gasteiger partial charge in [-0.2, -0.15) is 13.2 Å². The van der Waals surface area contributed by atoms with Crippen LogP contribution < -0.4 is 15.4 Å². The topological polar surface area (TPSA) is 68.0 Å². The molecular formula is C19H24F3N3O3. The largest absolute Gasteiger partial charge is 0.497 e. The van der Waals surface area contributed by atoms with Gasteiger partial charge in [0, 0.05) is 26.7 Å². The molecule has 0 saturated carbocycles. The fourth-order valence-electron chi connectivity index (χ4n) is 2.45. The summed E-state index contributed by atoms with van der Waals surface area (Å²) in [6.07, 6.45) is -2.17. The number of guanidine groups is 1. The van der Waals surface area contributed by atoms with Crippen molar-refractivity contribution in [3.63, 3.8) is 0 Å². The number of aliphatic imine (C=N–C) groups is 1. The van der Waals surface area contributed by atoms with Crippen LogP contribution in [0.25, 0.3) is 0 Å². The number of alkyl halides is 3. The second-order valence-electron chi connectivity index (χ2n) is 5.86. The van der Waals surface area contributed by atoms with E-state index in [1.165, 1.54) is 19.2 Å². The lowest BCUT2D eigenvalue weighted by Gasteiger charge is -2.16. The third-order valence-corrected chi connectivity index (χ3v) is 3.87. The molecule has 1 aromatic heterocycles. The van der Waals surface area contributed by atoms with Crippen molar-refractivity contribution >= 4 is 5.96 Å². The van der Waals surface area contributed by atoms with Gasteiger partial charge in [0.25, 0.3) is 0 Å². The molecule has 2 rings (SSSR count). The smallest absolute Gasteiger partial charge is 0.416 e. The van der Waals surface area contributed by atoms with Crippen LogP contribution in [0.2, 0.25) is 0 Å². The van der Waals surface area contributed by atoms with Gasteiger partial charge < -0.3 is 24.5 Å². The number of hydrogen-bond acceptors (Lipinski definition) is 4. The van der Waals surface area contributed by atoms with Gasteiger partial charge in [0.1, 0.15) is 18.1 Å². The highest BCUT2D eigenvalue weighted by Gasteiger charge is 2.33. The summed E-state index contributed by atoms with van der Waals surface area (Å²) in [7, 11) is 2.89. The lowest BCUT2D eigenvalue weighted by Crippen LogP contribution is -2.38. The van der Waals surface area contributed by atoms with Gasteiger partial charge in [0.05, 0.1) is 18.9 Å². The Labute approximate surface area is 161 Å². The van der Waals surface area contributed by atoms with Crippen LogP contribution in [-0.4, -0.2) is 33.3 Å². The van der Waals surface area contributed by atoms with Gasteiger partial charge in [-0.15, -0.1) is 0 Å². The Balaban J connectivity index is 1.77. The third-order valence-electron chi connectivity index (χ3n) is 3.87. The highest BCUT2D eigenvalue weighted by Crippen LogP contribution is 2.34. The molecule has 28 heavy (non-hydrogen) atoms. The zero-order chi connectivity index (χ0) is 20.4. The van der Waals surface area contributed by atoms with Crippen molar-refractivity contribution in [3.8, 4) is 5.75 Å². The Kier molecular flexibility index (Phi) is 8.19. The van der Waals surface area contributed by atoms with Gasteiger partial charge in [-0.25, -0.2) is 0 Å². The zero-order valence-electron chi connectivity index (χ0n) is 15.8. The van der Waals surface area contributed by atoms with E-state index in [2.05, 4.69) is 15.6 Å². The lowest BCUT2D eigenvalue weighted by molar-refractivity contribution is -0.138. The van der Waals surface area contributed by atoms with Crippen LogP contribution in [0, 0.1) is 0 Å². The van der Waals surface area contributed by atoms with Crippen molar-refractivity contribution in [1.29, 1.82) is 0 Å². The van der Waals surface area contributed by atoms with Gasteiger partial charge in [-0.3, -0.25) is 4.99 Å². The molecule has 2 aromatic rings. The van der Waals surface area contributed by atoms with Crippen molar-refractivity contribution in [2.75, 3.05) is 27.3 Å². The minimum Gasteiger partial charge on any atom is -0.497 e. The monoisotopic (exact) mass is 399 g/mol. The molecule has 0 atom stereocenters. The molecule has 0 spiro atoms. The molecule has 154 valence electrons. The number of rotatable bonds is 9. The number of furan rings is 1. The molecule has 0 bridgehead atoms. The quantitative estimate of drug-likeness (QED) is 0.383. The van der Waals surface area contributed by atoms with Crippen molar-refractivity contribution < 1.29 is 27.1 Å². The summed E-state index contributed by atoms with van der Waals surface area (Å²) in [5.74, 6) is 1.33. The van der Waals surface area contributed by atoms with E-state index in [9.17, 15) is 13.2 Å². The number of benzene rings is 1. The number of nitrogens with one attached hydrogen (secondary N) is 2. The van der Waals surface area contributed by atoms with Gasteiger partial charge in [-0.05, 0) is 36.2 Å². The summed E-state index contributed by atoms with van der Waals surface area (Å²) in [4.78, 5) is 4.02. The zero-order valence-corrected chi connectivity index (χ0v) is 15.8. The van der Waals surface area contributed by atoms with Crippen LogP contribution in [0.15, 0.2) is 46.0 Å². The summed E-state index contributed by atoms with van der Waals surface area (Å²) in [5, 5.41) is 5.93. The van der Waals surface area contributed by atoms with Crippen molar-refractivity contribution in [2.45, 2.75) is 25.7 Å². The summed E-state index contributed by atoms with van der Waals surface area (Å²) in [6.45, 7) is 1.46. The third kappa shape index (κ3) is 6.80. The van der Waals surface area contributed by atoms with E-state index in [4.69, 9.17) is 13.9 Å². The predicted molar refractivity (Wildman–Crippen MR) is 99.2 cm³/mol. The molecule has 2 N–H and O–H groups in total. The molecule has 6 nitrogen and oxygen atoms in total. The minimum absolute atomic E-state index is 0.0203. The van der Waals surface area contributed by atoms with E-state index in [-0.39, 0.29) is 17.9 Å². The number of nitrogens with zero attached hydrogens (tertiary/aromatic N) is 1. The molecule has 0 amide bonds. The molecule has 0 aliphatic carbocycles. The number of hydrogen-bond donors (Lipinski definition) is 2. The molecule has 0 unspecified atom stereocenters. The van der Waals surface area contributed by atoms with E-state index in [0.717, 1.165) is 11.8 Å². The SMILES string of the molecule is CN=C(NCCCOCc1ccco1)NCc1ccc(OC)cc1C(F)(F)F. The Bertz CT molecular complexity index is 747. The molecule has 0 radical (unpaired) electrons. The van der Waals surface area contributed by atoms with Crippen LogP contribution in [-0.2, 0) is 24.1 Å². The Morgan fingerprint density at radius 2 is 2.04 bits per heavy atom. The lowest BCUT2D eigenvalue weighted by atomic mass is 10.1. The normalized spacial score (nSPS) is 12.1. The molecule has 1 heterocycles. The van der Waals surface area contributed by atoms with Crippen LogP contribution in [0.4, 0.5) is 13.2 Å². The second kappa shape index (κ2) is 10.6. The highest BCUT2D eigenvalue weighted by atomic mass is 19.4. The Morgan fingerprint density at radius 1 is 1.21 bits per heavy atom. The second-order valence-corrected chi connectivity index (χ2v) is 5.86. The Morgan fingerprint density at radius 3 is 2.68 bits per heavy atom. The predicted octanol–water partition coefficient (Wildman–Crippen LogP) is 3.58. The number of ether oxygens (including phenoxy) is 2. The van der Waals surface area contributed by atoms with Gasteiger partial charge >= 0.3 is 6.18 Å². The van der Waals surface area contributed by atoms with E-state index < -0.39 is 11.7 Å². The first kappa shape index (κ1) is 21.6. The van der Waals surface area contributed by atoms with E-state index >= 15 is 0 Å². The average Bonchev–Trinajstić information content (AvgIpc) is 3.19. The molecule has 0 fully saturated rings. The van der Waals surface area contributed by atoms with Crippen LogP contribution in [0.5, 0.6) is 5.75 Å². The van der Waals surface area contributed by atoms with Crippen LogP contribution in [0.3, 0.4) is 0 Å². The maximum atomic E-state index is 13.2. The summed E-state index contributed by atoms with van der Waals surface area (Å²) in [5.41, 5.74) is -0.626. The standard InChI is InChI=1S/C19H24F3N3O3/c1-23-18(24-8-4-9-27-13-16-5-3-10-28-16)25-12-14-6-7-15(26-2)11-17(14)19(20,21)22/h3,5-7,10-11H,4,8-9,12-13H2,1-2H3,(H2,23,24,25). The highest BCUT2D eigenvalue weighted by molar-refractivity contribution is 5.79. The average molecular weight is 399 g/mol. The molecule has 0 saturated heterocycles. The fourth-order valence-corrected chi connectivity index (χ4v) is 2.45. The fraction of sp³-hybridized carbons (Fsp3) is 0.421. The first-order chi connectivity index (χ1) is 13.4. The molecule has 0 aliphatic rings. The summed E-state index contributed by atoms with van der Waals surface area (Å²) in [6, 6.07) is 7.51. The van der Waals surface area contributed by atoms with Gasteiger partial charge in [0.15, 0.2) is 5.96 Å². The molecule has 0 aliphatic heterocycles. The summed E-state index contributed by atoms with van der Waals surface area (Å²) < 4.78 is 55.2. The summed E-state index contributed by atoms with van der Waals surface area (Å²) >= 11 is 0. The number of halogens is 3. The van der Waals surface area contributed by atoms with Gasteiger partial charge in [0.2, 0.25) is 0 Å². The first-order valence-electron chi connectivity index (χ1n) is 8.72. The van der Waals surface area contributed by atoms with Crippen molar-refractivity contribution in [3.05, 3.63) is 53.5 Å².